The molecule has 0 spiro atoms. The zero-order valence-electron chi connectivity index (χ0n) is 11.0. The minimum atomic E-state index is -0.197. The minimum Gasteiger partial charge on any atom is -0.348 e. The Labute approximate surface area is 108 Å². The lowest BCUT2D eigenvalue weighted by atomic mass is 9.86. The third-order valence-corrected chi connectivity index (χ3v) is 2.84. The Hall–Kier alpha value is -1.86. The highest BCUT2D eigenvalue weighted by Crippen LogP contribution is 2.18. The summed E-state index contributed by atoms with van der Waals surface area (Å²) in [6, 6.07) is 8.54. The van der Waals surface area contributed by atoms with Gasteiger partial charge in [0.2, 0.25) is 0 Å². The zero-order valence-corrected chi connectivity index (χ0v) is 11.0. The maximum absolute atomic E-state index is 12.1. The zero-order chi connectivity index (χ0) is 13.8. The van der Waals surface area contributed by atoms with Crippen LogP contribution in [0.5, 0.6) is 0 Å². The van der Waals surface area contributed by atoms with E-state index in [4.69, 9.17) is 11.0 Å². The first-order valence-corrected chi connectivity index (χ1v) is 5.89. The molecule has 1 unspecified atom stereocenters. The highest BCUT2D eigenvalue weighted by molar-refractivity contribution is 5.94. The number of nitrogens with two attached hydrogens (primary N) is 1. The first-order chi connectivity index (χ1) is 8.38. The summed E-state index contributed by atoms with van der Waals surface area (Å²) >= 11 is 0. The predicted octanol–water partition coefficient (Wildman–Crippen LogP) is 1.66. The van der Waals surface area contributed by atoms with Crippen LogP contribution in [-0.4, -0.2) is 18.5 Å². The van der Waals surface area contributed by atoms with E-state index in [2.05, 4.69) is 5.32 Å². The number of amides is 1. The average molecular weight is 245 g/mol. The van der Waals surface area contributed by atoms with E-state index in [0.29, 0.717) is 17.7 Å². The number of hydrogen-bond donors (Lipinski definition) is 2. The summed E-state index contributed by atoms with van der Waals surface area (Å²) in [5, 5.41) is 11.7. The Bertz CT molecular complexity index is 469. The molecule has 0 saturated heterocycles. The van der Waals surface area contributed by atoms with Crippen LogP contribution in [0.4, 0.5) is 0 Å². The Kier molecular flexibility index (Phi) is 4.46. The second kappa shape index (κ2) is 5.65. The van der Waals surface area contributed by atoms with Gasteiger partial charge in [-0.25, -0.2) is 0 Å². The van der Waals surface area contributed by atoms with E-state index in [0.717, 1.165) is 0 Å². The molecule has 1 amide bonds. The van der Waals surface area contributed by atoms with Crippen LogP contribution in [0.3, 0.4) is 0 Å². The van der Waals surface area contributed by atoms with Crippen LogP contribution in [0.15, 0.2) is 24.3 Å². The molecular weight excluding hydrogens is 226 g/mol. The number of hydrogen-bond acceptors (Lipinski definition) is 3. The van der Waals surface area contributed by atoms with Crippen LogP contribution in [0.25, 0.3) is 0 Å². The molecule has 1 aromatic rings. The van der Waals surface area contributed by atoms with E-state index in [1.54, 1.807) is 24.3 Å². The van der Waals surface area contributed by atoms with Crippen molar-refractivity contribution in [1.29, 1.82) is 5.26 Å². The van der Waals surface area contributed by atoms with Crippen molar-refractivity contribution in [3.05, 3.63) is 35.4 Å². The van der Waals surface area contributed by atoms with E-state index in [1.165, 1.54) is 0 Å². The molecule has 0 aliphatic carbocycles. The lowest BCUT2D eigenvalue weighted by Crippen LogP contribution is -2.48. The molecule has 0 fully saturated rings. The standard InChI is InChI=1S/C14H19N3O/c1-14(2,3)12(9-16)17-13(18)11-6-4-5-10(7-11)8-15/h4-7,12H,9,16H2,1-3H3,(H,17,18). The van der Waals surface area contributed by atoms with Crippen molar-refractivity contribution in [3.63, 3.8) is 0 Å². The lowest BCUT2D eigenvalue weighted by Gasteiger charge is -2.30. The summed E-state index contributed by atoms with van der Waals surface area (Å²) in [7, 11) is 0. The molecule has 0 aliphatic heterocycles. The summed E-state index contributed by atoms with van der Waals surface area (Å²) in [6.45, 7) is 6.46. The predicted molar refractivity (Wildman–Crippen MR) is 70.9 cm³/mol. The second-order valence-corrected chi connectivity index (χ2v) is 5.32. The Balaban J connectivity index is 2.85. The fourth-order valence-corrected chi connectivity index (χ4v) is 1.60. The number of rotatable bonds is 3. The molecule has 1 rings (SSSR count). The van der Waals surface area contributed by atoms with Crippen LogP contribution < -0.4 is 11.1 Å². The van der Waals surface area contributed by atoms with Gasteiger partial charge in [0.05, 0.1) is 11.6 Å². The Morgan fingerprint density at radius 3 is 2.67 bits per heavy atom. The van der Waals surface area contributed by atoms with Crippen molar-refractivity contribution in [2.45, 2.75) is 26.8 Å². The molecule has 0 radical (unpaired) electrons. The third-order valence-electron chi connectivity index (χ3n) is 2.84. The van der Waals surface area contributed by atoms with E-state index >= 15 is 0 Å². The molecule has 0 aliphatic rings. The molecule has 18 heavy (non-hydrogen) atoms. The monoisotopic (exact) mass is 245 g/mol. The van der Waals surface area contributed by atoms with E-state index in [1.807, 2.05) is 26.8 Å². The van der Waals surface area contributed by atoms with Gasteiger partial charge < -0.3 is 11.1 Å². The normalized spacial score (nSPS) is 12.6. The van der Waals surface area contributed by atoms with Gasteiger partial charge in [0.1, 0.15) is 0 Å². The summed E-state index contributed by atoms with van der Waals surface area (Å²) < 4.78 is 0. The van der Waals surface area contributed by atoms with Crippen molar-refractivity contribution in [3.8, 4) is 6.07 Å². The van der Waals surface area contributed by atoms with Gasteiger partial charge in [0, 0.05) is 18.2 Å². The molecule has 0 heterocycles. The average Bonchev–Trinajstić information content (AvgIpc) is 2.34. The molecule has 0 bridgehead atoms. The minimum absolute atomic E-state index is 0.1000. The van der Waals surface area contributed by atoms with Gasteiger partial charge in [0.25, 0.3) is 5.91 Å². The summed E-state index contributed by atoms with van der Waals surface area (Å²) in [4.78, 5) is 12.1. The topological polar surface area (TPSA) is 78.9 Å². The molecule has 1 aromatic carbocycles. The van der Waals surface area contributed by atoms with E-state index in [-0.39, 0.29) is 17.4 Å². The number of nitriles is 1. The van der Waals surface area contributed by atoms with E-state index in [9.17, 15) is 4.79 Å². The lowest BCUT2D eigenvalue weighted by molar-refractivity contribution is 0.0905. The number of carbonyl (C=O) groups is 1. The fourth-order valence-electron chi connectivity index (χ4n) is 1.60. The smallest absolute Gasteiger partial charge is 0.251 e. The summed E-state index contributed by atoms with van der Waals surface area (Å²) in [5.74, 6) is -0.197. The van der Waals surface area contributed by atoms with Gasteiger partial charge in [-0.2, -0.15) is 5.26 Å². The number of nitrogens with one attached hydrogen (secondary N) is 1. The molecule has 4 heteroatoms. The maximum atomic E-state index is 12.1. The van der Waals surface area contributed by atoms with Crippen molar-refractivity contribution in [2.75, 3.05) is 6.54 Å². The van der Waals surface area contributed by atoms with Crippen molar-refractivity contribution < 1.29 is 4.79 Å². The van der Waals surface area contributed by atoms with Crippen LogP contribution in [0, 0.1) is 16.7 Å². The van der Waals surface area contributed by atoms with Gasteiger partial charge in [-0.1, -0.05) is 26.8 Å². The molecule has 96 valence electrons. The largest absolute Gasteiger partial charge is 0.348 e. The molecule has 1 atom stereocenters. The SMILES string of the molecule is CC(C)(C)C(CN)NC(=O)c1cccc(C#N)c1. The highest BCUT2D eigenvalue weighted by atomic mass is 16.1. The van der Waals surface area contributed by atoms with Gasteiger partial charge in [-0.3, -0.25) is 4.79 Å². The van der Waals surface area contributed by atoms with Crippen LogP contribution in [-0.2, 0) is 0 Å². The quantitative estimate of drug-likeness (QED) is 0.850. The first-order valence-electron chi connectivity index (χ1n) is 5.89. The number of nitrogens with zero attached hydrogens (tertiary/aromatic N) is 1. The van der Waals surface area contributed by atoms with Gasteiger partial charge >= 0.3 is 0 Å². The Morgan fingerprint density at radius 1 is 1.50 bits per heavy atom. The van der Waals surface area contributed by atoms with Crippen LogP contribution in [0.1, 0.15) is 36.7 Å². The second-order valence-electron chi connectivity index (χ2n) is 5.32. The van der Waals surface area contributed by atoms with Crippen molar-refractivity contribution in [2.24, 2.45) is 11.1 Å². The summed E-state index contributed by atoms with van der Waals surface area (Å²) in [6.07, 6.45) is 0. The number of carbonyl (C=O) groups excluding carboxylic acids is 1. The van der Waals surface area contributed by atoms with Gasteiger partial charge in [-0.15, -0.1) is 0 Å². The molecule has 4 nitrogen and oxygen atoms in total. The number of benzene rings is 1. The highest BCUT2D eigenvalue weighted by Gasteiger charge is 2.25. The van der Waals surface area contributed by atoms with Crippen LogP contribution >= 0.6 is 0 Å². The molecule has 0 saturated carbocycles. The molecular formula is C14H19N3O. The van der Waals surface area contributed by atoms with E-state index < -0.39 is 0 Å². The van der Waals surface area contributed by atoms with Crippen LogP contribution in [0.2, 0.25) is 0 Å². The maximum Gasteiger partial charge on any atom is 0.251 e. The van der Waals surface area contributed by atoms with Gasteiger partial charge in [-0.05, 0) is 23.6 Å². The summed E-state index contributed by atoms with van der Waals surface area (Å²) in [5.41, 5.74) is 6.53. The van der Waals surface area contributed by atoms with Crippen molar-refractivity contribution in [1.82, 2.24) is 5.32 Å². The Morgan fingerprint density at radius 2 is 2.17 bits per heavy atom. The third kappa shape index (κ3) is 3.57. The van der Waals surface area contributed by atoms with Gasteiger partial charge in [0.15, 0.2) is 0 Å². The molecule has 0 aromatic heterocycles. The molecule has 3 N–H and O–H groups in total. The van der Waals surface area contributed by atoms with Crippen molar-refractivity contribution >= 4 is 5.91 Å². The fraction of sp³-hybridized carbons (Fsp3) is 0.429. The first kappa shape index (κ1) is 14.2.